The molecule has 0 aromatic rings. The van der Waals surface area contributed by atoms with Crippen molar-refractivity contribution < 1.29 is 0 Å². The molecule has 21 heavy (non-hydrogen) atoms. The average molecular weight is 293 g/mol. The lowest BCUT2D eigenvalue weighted by Crippen LogP contribution is -2.47. The van der Waals surface area contributed by atoms with Crippen molar-refractivity contribution in [3.63, 3.8) is 0 Å². The summed E-state index contributed by atoms with van der Waals surface area (Å²) >= 11 is 0. The predicted molar refractivity (Wildman–Crippen MR) is 90.2 cm³/mol. The lowest BCUT2D eigenvalue weighted by atomic mass is 9.85. The van der Waals surface area contributed by atoms with E-state index in [-0.39, 0.29) is 5.54 Å². The van der Waals surface area contributed by atoms with Gasteiger partial charge >= 0.3 is 0 Å². The number of nitrogens with zero attached hydrogens (tertiary/aromatic N) is 2. The molecule has 1 saturated carbocycles. The molecule has 0 spiro atoms. The highest BCUT2D eigenvalue weighted by Crippen LogP contribution is 2.37. The minimum absolute atomic E-state index is 0.247. The summed E-state index contributed by atoms with van der Waals surface area (Å²) in [6.07, 6.45) is 7.15. The second-order valence-corrected chi connectivity index (χ2v) is 6.57. The Morgan fingerprint density at radius 2 is 2.00 bits per heavy atom. The third-order valence-electron chi connectivity index (χ3n) is 5.42. The van der Waals surface area contributed by atoms with Gasteiger partial charge in [0.15, 0.2) is 0 Å². The van der Waals surface area contributed by atoms with Gasteiger partial charge in [0.25, 0.3) is 0 Å². The summed E-state index contributed by atoms with van der Waals surface area (Å²) in [5.74, 6) is 1.35. The maximum Gasteiger partial charge on any atom is 0.109 e. The molecule has 3 heteroatoms. The molecule has 0 heterocycles. The van der Waals surface area contributed by atoms with Crippen molar-refractivity contribution in [2.24, 2.45) is 11.8 Å². The van der Waals surface area contributed by atoms with Crippen molar-refractivity contribution in [1.29, 1.82) is 5.26 Å². The molecule has 2 atom stereocenters. The van der Waals surface area contributed by atoms with Crippen LogP contribution in [0.2, 0.25) is 0 Å². The molecule has 1 N–H and O–H groups in total. The van der Waals surface area contributed by atoms with Crippen molar-refractivity contribution in [3.05, 3.63) is 0 Å². The van der Waals surface area contributed by atoms with Crippen LogP contribution in [0.1, 0.15) is 66.2 Å². The molecule has 0 amide bonds. The van der Waals surface area contributed by atoms with Crippen LogP contribution in [-0.2, 0) is 0 Å². The number of rotatable bonds is 10. The van der Waals surface area contributed by atoms with Crippen LogP contribution in [0.15, 0.2) is 0 Å². The summed E-state index contributed by atoms with van der Waals surface area (Å²) in [5.41, 5.74) is -0.247. The lowest BCUT2D eigenvalue weighted by Gasteiger charge is -2.32. The molecule has 0 aromatic heterocycles. The maximum absolute atomic E-state index is 9.64. The van der Waals surface area contributed by atoms with Crippen molar-refractivity contribution >= 4 is 0 Å². The fourth-order valence-electron chi connectivity index (χ4n) is 3.83. The van der Waals surface area contributed by atoms with Gasteiger partial charge in [0.2, 0.25) is 0 Å². The van der Waals surface area contributed by atoms with Crippen molar-refractivity contribution in [3.8, 4) is 6.07 Å². The van der Waals surface area contributed by atoms with Crippen LogP contribution >= 0.6 is 0 Å². The van der Waals surface area contributed by atoms with E-state index in [0.29, 0.717) is 5.92 Å². The highest BCUT2D eigenvalue weighted by molar-refractivity contribution is 5.14. The Morgan fingerprint density at radius 3 is 2.52 bits per heavy atom. The average Bonchev–Trinajstić information content (AvgIpc) is 2.91. The number of nitrogens with one attached hydrogen (secondary N) is 1. The molecule has 1 aliphatic rings. The first kappa shape index (κ1) is 18.5. The first-order valence-electron chi connectivity index (χ1n) is 9.04. The lowest BCUT2D eigenvalue weighted by molar-refractivity contribution is 0.201. The molecule has 0 radical (unpaired) electrons. The second kappa shape index (κ2) is 9.43. The summed E-state index contributed by atoms with van der Waals surface area (Å²) in [6.45, 7) is 13.4. The number of hydrogen-bond acceptors (Lipinski definition) is 3. The van der Waals surface area contributed by atoms with E-state index in [2.05, 4.69) is 44.0 Å². The topological polar surface area (TPSA) is 39.1 Å². The van der Waals surface area contributed by atoms with Gasteiger partial charge in [-0.3, -0.25) is 5.32 Å². The van der Waals surface area contributed by atoms with Gasteiger partial charge in [0, 0.05) is 6.54 Å². The van der Waals surface area contributed by atoms with Gasteiger partial charge in [-0.15, -0.1) is 0 Å². The molecule has 122 valence electrons. The summed E-state index contributed by atoms with van der Waals surface area (Å²) in [6, 6.07) is 2.60. The van der Waals surface area contributed by atoms with Crippen LogP contribution in [-0.4, -0.2) is 36.6 Å². The van der Waals surface area contributed by atoms with E-state index in [9.17, 15) is 5.26 Å². The van der Waals surface area contributed by atoms with Crippen molar-refractivity contribution in [1.82, 2.24) is 10.2 Å². The van der Waals surface area contributed by atoms with Gasteiger partial charge in [0.05, 0.1) is 6.07 Å². The molecule has 0 saturated heterocycles. The molecule has 1 rings (SSSR count). The SMILES string of the molecule is CCNC1(C#N)CCCC1CCN(CC)CC(CC)CC. The predicted octanol–water partition coefficient (Wildman–Crippen LogP) is 3.81. The molecular formula is C18H35N3. The van der Waals surface area contributed by atoms with Crippen LogP contribution in [0.25, 0.3) is 0 Å². The van der Waals surface area contributed by atoms with Gasteiger partial charge in [-0.1, -0.05) is 47.0 Å². The van der Waals surface area contributed by atoms with Crippen molar-refractivity contribution in [2.45, 2.75) is 71.8 Å². The standard InChI is InChI=1S/C18H35N3/c1-5-16(6-2)14-21(8-4)13-11-17-10-9-12-18(17,15-19)20-7-3/h16-17,20H,5-14H2,1-4H3. The van der Waals surface area contributed by atoms with Crippen LogP contribution in [0.3, 0.4) is 0 Å². The van der Waals surface area contributed by atoms with E-state index in [0.717, 1.165) is 38.4 Å². The molecule has 0 bridgehead atoms. The third kappa shape index (κ3) is 4.97. The van der Waals surface area contributed by atoms with Crippen LogP contribution in [0, 0.1) is 23.2 Å². The molecule has 1 fully saturated rings. The largest absolute Gasteiger partial charge is 0.303 e. The summed E-state index contributed by atoms with van der Waals surface area (Å²) < 4.78 is 0. The highest BCUT2D eigenvalue weighted by Gasteiger charge is 2.42. The van der Waals surface area contributed by atoms with Gasteiger partial charge < -0.3 is 4.90 Å². The molecule has 0 aliphatic heterocycles. The molecule has 3 nitrogen and oxygen atoms in total. The minimum atomic E-state index is -0.247. The normalized spacial score (nSPS) is 25.7. The Hall–Kier alpha value is -0.590. The van der Waals surface area contributed by atoms with Crippen LogP contribution in [0.5, 0.6) is 0 Å². The van der Waals surface area contributed by atoms with Gasteiger partial charge in [0.1, 0.15) is 5.54 Å². The minimum Gasteiger partial charge on any atom is -0.303 e. The Kier molecular flexibility index (Phi) is 8.29. The first-order chi connectivity index (χ1) is 10.2. The Labute approximate surface area is 132 Å². The van der Waals surface area contributed by atoms with E-state index in [1.165, 1.54) is 32.2 Å². The third-order valence-corrected chi connectivity index (χ3v) is 5.42. The monoisotopic (exact) mass is 293 g/mol. The smallest absolute Gasteiger partial charge is 0.109 e. The maximum atomic E-state index is 9.64. The fraction of sp³-hybridized carbons (Fsp3) is 0.944. The van der Waals surface area contributed by atoms with Gasteiger partial charge in [-0.25, -0.2) is 0 Å². The molecule has 2 unspecified atom stereocenters. The van der Waals surface area contributed by atoms with Crippen LogP contribution in [0.4, 0.5) is 0 Å². The van der Waals surface area contributed by atoms with Gasteiger partial charge in [-0.05, 0) is 50.7 Å². The Balaban J connectivity index is 2.53. The fourth-order valence-corrected chi connectivity index (χ4v) is 3.83. The first-order valence-corrected chi connectivity index (χ1v) is 9.04. The van der Waals surface area contributed by atoms with E-state index >= 15 is 0 Å². The van der Waals surface area contributed by atoms with Crippen molar-refractivity contribution in [2.75, 3.05) is 26.2 Å². The second-order valence-electron chi connectivity index (χ2n) is 6.57. The Bertz CT molecular complexity index is 319. The quantitative estimate of drug-likeness (QED) is 0.666. The zero-order valence-electron chi connectivity index (χ0n) is 14.6. The molecule has 1 aliphatic carbocycles. The Morgan fingerprint density at radius 1 is 1.29 bits per heavy atom. The summed E-state index contributed by atoms with van der Waals surface area (Å²) in [5, 5.41) is 13.1. The van der Waals surface area contributed by atoms with E-state index in [1.807, 2.05) is 0 Å². The number of hydrogen-bond donors (Lipinski definition) is 1. The van der Waals surface area contributed by atoms with E-state index in [4.69, 9.17) is 0 Å². The van der Waals surface area contributed by atoms with Gasteiger partial charge in [-0.2, -0.15) is 5.26 Å². The number of nitriles is 1. The van der Waals surface area contributed by atoms with E-state index < -0.39 is 0 Å². The van der Waals surface area contributed by atoms with Crippen LogP contribution < -0.4 is 5.32 Å². The zero-order valence-corrected chi connectivity index (χ0v) is 14.6. The highest BCUT2D eigenvalue weighted by atomic mass is 15.1. The molecular weight excluding hydrogens is 258 g/mol. The summed E-state index contributed by atoms with van der Waals surface area (Å²) in [7, 11) is 0. The zero-order chi connectivity index (χ0) is 15.7. The molecule has 0 aromatic carbocycles. The van der Waals surface area contributed by atoms with E-state index in [1.54, 1.807) is 0 Å². The summed E-state index contributed by atoms with van der Waals surface area (Å²) in [4.78, 5) is 2.59.